The van der Waals surface area contributed by atoms with Crippen LogP contribution < -0.4 is 27.8 Å². The van der Waals surface area contributed by atoms with Crippen molar-refractivity contribution in [2.45, 2.75) is 76.3 Å². The standard InChI is InChI=1S/C36H43N11O5/c1-20(48)43-28(14-23-16-40-19-42-23)35(52)46-17-22-8-3-2-7-21(22)13-31(46)33(50)45-27(11-6-12-41-36(38)39)34(51)47-18-29-25(15-30(47)32(37)49)24-9-4-5-10-26(24)44-29/h2-5,7-10,16,19,27-28,30-31,44H,6,11-15,17-18H2,1H3,(H2,37,49)(H,40,42)(H,43,48)(H,45,50)(H4,38,39,41)/t27-,28-,30?,31+/m0/s1. The number of para-hydroxylation sites is 1. The Bertz CT molecular complexity index is 2000. The Morgan fingerprint density at radius 3 is 2.33 bits per heavy atom. The minimum Gasteiger partial charge on any atom is -0.370 e. The summed E-state index contributed by atoms with van der Waals surface area (Å²) in [5, 5.41) is 6.60. The van der Waals surface area contributed by atoms with E-state index in [1.165, 1.54) is 23.1 Å². The zero-order valence-electron chi connectivity index (χ0n) is 28.8. The van der Waals surface area contributed by atoms with Gasteiger partial charge in [-0.05, 0) is 35.6 Å². The monoisotopic (exact) mass is 709 g/mol. The minimum absolute atomic E-state index is 0.0735. The Morgan fingerprint density at radius 2 is 1.62 bits per heavy atom. The van der Waals surface area contributed by atoms with E-state index in [2.05, 4.69) is 30.6 Å². The maximum Gasteiger partial charge on any atom is 0.246 e. The number of guanidine groups is 1. The van der Waals surface area contributed by atoms with Crippen LogP contribution in [0.5, 0.6) is 0 Å². The zero-order valence-corrected chi connectivity index (χ0v) is 28.8. The molecular formula is C36H43N11O5. The van der Waals surface area contributed by atoms with Gasteiger partial charge >= 0.3 is 0 Å². The normalized spacial score (nSPS) is 17.7. The van der Waals surface area contributed by atoms with Crippen LogP contribution in [0, 0.1) is 0 Å². The van der Waals surface area contributed by atoms with Gasteiger partial charge in [-0.15, -0.1) is 0 Å². The van der Waals surface area contributed by atoms with Crippen LogP contribution in [-0.2, 0) is 56.3 Å². The number of aromatic nitrogens is 3. The van der Waals surface area contributed by atoms with Crippen molar-refractivity contribution in [1.82, 2.24) is 35.4 Å². The van der Waals surface area contributed by atoms with Crippen molar-refractivity contribution < 1.29 is 24.0 Å². The number of hydrogen-bond donors (Lipinski definition) is 7. The molecule has 0 bridgehead atoms. The summed E-state index contributed by atoms with van der Waals surface area (Å²) >= 11 is 0. The van der Waals surface area contributed by atoms with Crippen LogP contribution in [0.1, 0.15) is 47.8 Å². The van der Waals surface area contributed by atoms with Gasteiger partial charge in [-0.25, -0.2) is 4.98 Å². The molecule has 0 saturated carbocycles. The smallest absolute Gasteiger partial charge is 0.246 e. The second kappa shape index (κ2) is 15.4. The van der Waals surface area contributed by atoms with E-state index in [0.29, 0.717) is 12.1 Å². The molecule has 272 valence electrons. The molecule has 0 fully saturated rings. The summed E-state index contributed by atoms with van der Waals surface area (Å²) in [5.41, 5.74) is 21.9. The molecule has 2 aromatic heterocycles. The molecule has 4 atom stereocenters. The lowest BCUT2D eigenvalue weighted by Crippen LogP contribution is -2.61. The molecule has 1 unspecified atom stereocenters. The third-order valence-corrected chi connectivity index (χ3v) is 9.66. The van der Waals surface area contributed by atoms with Crippen molar-refractivity contribution >= 4 is 46.4 Å². The first-order valence-corrected chi connectivity index (χ1v) is 17.2. The number of primary amides is 1. The lowest BCUT2D eigenvalue weighted by atomic mass is 9.92. The molecule has 2 aromatic carbocycles. The second-order valence-corrected chi connectivity index (χ2v) is 13.2. The molecule has 0 aliphatic carbocycles. The van der Waals surface area contributed by atoms with E-state index in [-0.39, 0.29) is 51.3 Å². The Morgan fingerprint density at radius 1 is 0.904 bits per heavy atom. The number of carbonyl (C=O) groups excluding carboxylic acids is 5. The summed E-state index contributed by atoms with van der Waals surface area (Å²) in [6.45, 7) is 1.69. The first-order valence-electron chi connectivity index (χ1n) is 17.2. The molecule has 0 saturated heterocycles. The van der Waals surface area contributed by atoms with Gasteiger partial charge in [-0.3, -0.25) is 29.0 Å². The van der Waals surface area contributed by atoms with Crippen molar-refractivity contribution in [3.05, 3.63) is 89.1 Å². The molecule has 52 heavy (non-hydrogen) atoms. The number of nitrogens with zero attached hydrogens (tertiary/aromatic N) is 4. The summed E-state index contributed by atoms with van der Waals surface area (Å²) in [4.78, 5) is 85.5. The SMILES string of the molecule is CC(=O)N[C@@H](Cc1cnc[nH]1)C(=O)N1Cc2ccccc2C[C@@H]1C(=O)N[C@@H](CCCN=C(N)N)C(=O)N1Cc2[nH]c3ccccc3c2CC1C(N)=O. The van der Waals surface area contributed by atoms with Crippen LogP contribution in [-0.4, -0.2) is 91.0 Å². The number of fused-ring (bicyclic) bond motifs is 4. The number of benzene rings is 2. The number of H-pyrrole nitrogens is 2. The second-order valence-electron chi connectivity index (χ2n) is 13.2. The van der Waals surface area contributed by atoms with Crippen LogP contribution in [0.25, 0.3) is 10.9 Å². The number of nitrogens with one attached hydrogen (secondary N) is 4. The fourth-order valence-corrected chi connectivity index (χ4v) is 7.17. The highest BCUT2D eigenvalue weighted by molar-refractivity contribution is 5.97. The topological polar surface area (TPSA) is 251 Å². The predicted molar refractivity (Wildman–Crippen MR) is 192 cm³/mol. The number of carbonyl (C=O) groups is 5. The minimum atomic E-state index is -1.11. The highest BCUT2D eigenvalue weighted by atomic mass is 16.2. The fourth-order valence-electron chi connectivity index (χ4n) is 7.17. The van der Waals surface area contributed by atoms with E-state index in [9.17, 15) is 24.0 Å². The van der Waals surface area contributed by atoms with Crippen molar-refractivity contribution in [2.24, 2.45) is 22.2 Å². The van der Waals surface area contributed by atoms with Gasteiger partial charge in [-0.2, -0.15) is 0 Å². The van der Waals surface area contributed by atoms with Crippen molar-refractivity contribution in [2.75, 3.05) is 6.54 Å². The van der Waals surface area contributed by atoms with Crippen molar-refractivity contribution in [1.29, 1.82) is 0 Å². The average molecular weight is 710 g/mol. The molecule has 2 aliphatic heterocycles. The molecule has 0 spiro atoms. The van der Waals surface area contributed by atoms with E-state index in [1.807, 2.05) is 48.5 Å². The number of aromatic amines is 2. The first-order chi connectivity index (χ1) is 25.0. The van der Waals surface area contributed by atoms with E-state index >= 15 is 0 Å². The van der Waals surface area contributed by atoms with Crippen LogP contribution in [0.4, 0.5) is 0 Å². The van der Waals surface area contributed by atoms with Gasteiger partial charge in [-0.1, -0.05) is 42.5 Å². The molecule has 6 rings (SSSR count). The maximum atomic E-state index is 14.5. The largest absolute Gasteiger partial charge is 0.370 e. The van der Waals surface area contributed by atoms with Crippen LogP contribution >= 0.6 is 0 Å². The Kier molecular flexibility index (Phi) is 10.5. The Hall–Kier alpha value is -6.19. The molecule has 16 heteroatoms. The number of amides is 5. The molecule has 5 amide bonds. The molecule has 16 nitrogen and oxygen atoms in total. The third-order valence-electron chi connectivity index (χ3n) is 9.66. The molecule has 4 aromatic rings. The molecular weight excluding hydrogens is 666 g/mol. The lowest BCUT2D eigenvalue weighted by molar-refractivity contribution is -0.147. The van der Waals surface area contributed by atoms with Crippen LogP contribution in [0.15, 0.2) is 66.0 Å². The summed E-state index contributed by atoms with van der Waals surface area (Å²) in [5.74, 6) is -2.72. The van der Waals surface area contributed by atoms with E-state index < -0.39 is 53.7 Å². The quantitative estimate of drug-likeness (QED) is 0.0591. The highest BCUT2D eigenvalue weighted by Gasteiger charge is 2.42. The summed E-state index contributed by atoms with van der Waals surface area (Å²) < 4.78 is 0. The molecule has 0 radical (unpaired) electrons. The summed E-state index contributed by atoms with van der Waals surface area (Å²) in [7, 11) is 0. The summed E-state index contributed by atoms with van der Waals surface area (Å²) in [6.07, 6.45) is 4.00. The first kappa shape index (κ1) is 35.6. The zero-order chi connectivity index (χ0) is 36.9. The van der Waals surface area contributed by atoms with E-state index in [4.69, 9.17) is 17.2 Å². The van der Waals surface area contributed by atoms with Gasteiger partial charge in [0, 0.05) is 67.8 Å². The predicted octanol–water partition coefficient (Wildman–Crippen LogP) is -0.131. The lowest BCUT2D eigenvalue weighted by Gasteiger charge is -2.39. The van der Waals surface area contributed by atoms with Gasteiger partial charge in [0.2, 0.25) is 29.5 Å². The molecule has 4 heterocycles. The molecule has 2 aliphatic rings. The summed E-state index contributed by atoms with van der Waals surface area (Å²) in [6, 6.07) is 11.1. The maximum absolute atomic E-state index is 14.5. The third kappa shape index (κ3) is 7.75. The Labute approximate surface area is 299 Å². The average Bonchev–Trinajstić information content (AvgIpc) is 3.78. The van der Waals surface area contributed by atoms with Gasteiger partial charge in [0.05, 0.1) is 12.9 Å². The van der Waals surface area contributed by atoms with Crippen molar-refractivity contribution in [3.8, 4) is 0 Å². The van der Waals surface area contributed by atoms with Crippen LogP contribution in [0.3, 0.4) is 0 Å². The van der Waals surface area contributed by atoms with Crippen molar-refractivity contribution in [3.63, 3.8) is 0 Å². The number of aliphatic imine (C=N–C) groups is 1. The van der Waals surface area contributed by atoms with Gasteiger partial charge in [0.15, 0.2) is 5.96 Å². The van der Waals surface area contributed by atoms with E-state index in [1.54, 1.807) is 6.20 Å². The fraction of sp³-hybridized carbons (Fsp3) is 0.361. The number of imidazole rings is 1. The van der Waals surface area contributed by atoms with Crippen LogP contribution in [0.2, 0.25) is 0 Å². The number of hydrogen-bond acceptors (Lipinski definition) is 7. The van der Waals surface area contributed by atoms with Gasteiger partial charge < -0.3 is 47.6 Å². The van der Waals surface area contributed by atoms with Gasteiger partial charge in [0.1, 0.15) is 24.2 Å². The number of rotatable bonds is 12. The highest BCUT2D eigenvalue weighted by Crippen LogP contribution is 2.31. The van der Waals surface area contributed by atoms with Gasteiger partial charge in [0.25, 0.3) is 0 Å². The number of nitrogens with two attached hydrogens (primary N) is 3. The van der Waals surface area contributed by atoms with E-state index in [0.717, 1.165) is 33.3 Å². The Balaban J connectivity index is 1.30. The molecule has 10 N–H and O–H groups in total.